The molecule has 0 saturated heterocycles. The van der Waals surface area contributed by atoms with Crippen LogP contribution in [0.15, 0.2) is 24.4 Å². The predicted octanol–water partition coefficient (Wildman–Crippen LogP) is 2.06. The van der Waals surface area contributed by atoms with Crippen LogP contribution in [-0.2, 0) is 0 Å². The van der Waals surface area contributed by atoms with Crippen LogP contribution in [0.3, 0.4) is 0 Å². The van der Waals surface area contributed by atoms with Crippen LogP contribution in [0, 0.1) is 6.92 Å². The summed E-state index contributed by atoms with van der Waals surface area (Å²) in [5.41, 5.74) is 1.40. The second-order valence-electron chi connectivity index (χ2n) is 3.15. The highest BCUT2D eigenvalue weighted by molar-refractivity contribution is 5.93. The Kier molecular flexibility index (Phi) is 1.93. The van der Waals surface area contributed by atoms with Gasteiger partial charge < -0.3 is 5.11 Å². The van der Waals surface area contributed by atoms with Gasteiger partial charge in [0.05, 0.1) is 6.20 Å². The average Bonchev–Trinajstić information content (AvgIpc) is 2.23. The van der Waals surface area contributed by atoms with Gasteiger partial charge in [-0.25, -0.2) is 0 Å². The van der Waals surface area contributed by atoms with Crippen molar-refractivity contribution in [3.05, 3.63) is 35.7 Å². The van der Waals surface area contributed by atoms with E-state index in [1.165, 1.54) is 6.20 Å². The molecule has 0 fully saturated rings. The van der Waals surface area contributed by atoms with Gasteiger partial charge in [0.25, 0.3) is 0 Å². The molecule has 0 bridgehead atoms. The normalized spacial score (nSPS) is 10.4. The Morgan fingerprint density at radius 1 is 1.36 bits per heavy atom. The summed E-state index contributed by atoms with van der Waals surface area (Å²) in [5, 5.41) is 11.0. The van der Waals surface area contributed by atoms with Gasteiger partial charge in [-0.2, -0.15) is 0 Å². The third-order valence-electron chi connectivity index (χ3n) is 2.23. The lowest BCUT2D eigenvalue weighted by Crippen LogP contribution is -1.86. The summed E-state index contributed by atoms with van der Waals surface area (Å²) >= 11 is 0. The van der Waals surface area contributed by atoms with Crippen molar-refractivity contribution in [1.82, 2.24) is 4.98 Å². The average molecular weight is 187 g/mol. The molecule has 70 valence electrons. The Morgan fingerprint density at radius 2 is 2.14 bits per heavy atom. The van der Waals surface area contributed by atoms with Gasteiger partial charge in [-0.05, 0) is 19.1 Å². The molecule has 14 heavy (non-hydrogen) atoms. The Labute approximate surface area is 81.0 Å². The molecule has 0 aliphatic rings. The number of hydrogen-bond donors (Lipinski definition) is 1. The summed E-state index contributed by atoms with van der Waals surface area (Å²) < 4.78 is 0. The molecular formula is C11H9NO2. The monoisotopic (exact) mass is 187 g/mol. The fourth-order valence-electron chi connectivity index (χ4n) is 1.45. The van der Waals surface area contributed by atoms with Crippen LogP contribution < -0.4 is 0 Å². The van der Waals surface area contributed by atoms with Crippen molar-refractivity contribution in [2.75, 3.05) is 0 Å². The highest BCUT2D eigenvalue weighted by atomic mass is 16.3. The highest BCUT2D eigenvalue weighted by Gasteiger charge is 2.03. The minimum absolute atomic E-state index is 0.142. The van der Waals surface area contributed by atoms with E-state index in [4.69, 9.17) is 0 Å². The Balaban J connectivity index is 2.86. The molecule has 0 radical (unpaired) electrons. The van der Waals surface area contributed by atoms with Crippen LogP contribution in [0.2, 0.25) is 0 Å². The second kappa shape index (κ2) is 3.10. The number of fused-ring (bicyclic) bond motifs is 1. The molecule has 3 nitrogen and oxygen atoms in total. The minimum Gasteiger partial charge on any atom is -0.506 e. The summed E-state index contributed by atoms with van der Waals surface area (Å²) in [6.07, 6.45) is 2.20. The van der Waals surface area contributed by atoms with E-state index >= 15 is 0 Å². The number of aromatic nitrogens is 1. The Bertz CT molecular complexity index is 506. The maximum absolute atomic E-state index is 10.6. The lowest BCUT2D eigenvalue weighted by molar-refractivity contribution is 0.112. The summed E-state index contributed by atoms with van der Waals surface area (Å²) in [5.74, 6) is 0.142. The number of hydrogen-bond acceptors (Lipinski definition) is 3. The van der Waals surface area contributed by atoms with Crippen molar-refractivity contribution < 1.29 is 9.90 Å². The zero-order chi connectivity index (χ0) is 10.1. The van der Waals surface area contributed by atoms with Crippen LogP contribution in [0.1, 0.15) is 16.1 Å². The molecule has 2 aromatic rings. The minimum atomic E-state index is 0.142. The van der Waals surface area contributed by atoms with Crippen LogP contribution >= 0.6 is 0 Å². The van der Waals surface area contributed by atoms with Crippen LogP contribution in [0.4, 0.5) is 0 Å². The number of aromatic hydroxyl groups is 1. The van der Waals surface area contributed by atoms with Crippen molar-refractivity contribution >= 4 is 17.1 Å². The van der Waals surface area contributed by atoms with Crippen molar-refractivity contribution in [2.24, 2.45) is 0 Å². The van der Waals surface area contributed by atoms with Crippen LogP contribution in [-0.4, -0.2) is 16.4 Å². The lowest BCUT2D eigenvalue weighted by Gasteiger charge is -2.03. The number of aryl methyl sites for hydroxylation is 1. The van der Waals surface area contributed by atoms with Gasteiger partial charge in [-0.3, -0.25) is 9.78 Å². The third kappa shape index (κ3) is 1.23. The van der Waals surface area contributed by atoms with E-state index in [9.17, 15) is 9.90 Å². The van der Waals surface area contributed by atoms with E-state index in [1.807, 2.05) is 6.92 Å². The number of carbonyl (C=O) groups excluding carboxylic acids is 1. The largest absolute Gasteiger partial charge is 0.506 e. The fraction of sp³-hybridized carbons (Fsp3) is 0.0909. The fourth-order valence-corrected chi connectivity index (χ4v) is 1.45. The first kappa shape index (κ1) is 8.69. The number of pyridine rings is 1. The summed E-state index contributed by atoms with van der Waals surface area (Å²) in [6.45, 7) is 1.84. The SMILES string of the molecule is Cc1ncc(O)c2ccc(C=O)cc12. The second-order valence-corrected chi connectivity index (χ2v) is 3.15. The first-order valence-corrected chi connectivity index (χ1v) is 4.26. The Morgan fingerprint density at radius 3 is 2.86 bits per heavy atom. The highest BCUT2D eigenvalue weighted by Crippen LogP contribution is 2.25. The van der Waals surface area contributed by atoms with Gasteiger partial charge in [0.15, 0.2) is 0 Å². The molecule has 0 aliphatic carbocycles. The maximum atomic E-state index is 10.6. The molecule has 1 heterocycles. The molecule has 0 atom stereocenters. The van der Waals surface area contributed by atoms with Gasteiger partial charge in [0.1, 0.15) is 12.0 Å². The maximum Gasteiger partial charge on any atom is 0.150 e. The van der Waals surface area contributed by atoms with Crippen molar-refractivity contribution in [2.45, 2.75) is 6.92 Å². The zero-order valence-electron chi connectivity index (χ0n) is 7.69. The lowest BCUT2D eigenvalue weighted by atomic mass is 10.1. The van der Waals surface area contributed by atoms with E-state index in [2.05, 4.69) is 4.98 Å². The molecule has 3 heteroatoms. The van der Waals surface area contributed by atoms with Crippen molar-refractivity contribution in [1.29, 1.82) is 0 Å². The number of carbonyl (C=O) groups is 1. The standard InChI is InChI=1S/C11H9NO2/c1-7-10-4-8(6-13)2-3-9(10)11(14)5-12-7/h2-6,14H,1H3. The topological polar surface area (TPSA) is 50.2 Å². The van der Waals surface area contributed by atoms with Gasteiger partial charge in [0, 0.05) is 22.0 Å². The first-order valence-electron chi connectivity index (χ1n) is 4.26. The summed E-state index contributed by atoms with van der Waals surface area (Å²) in [7, 11) is 0. The molecule has 0 amide bonds. The van der Waals surface area contributed by atoms with Gasteiger partial charge >= 0.3 is 0 Å². The Hall–Kier alpha value is -1.90. The van der Waals surface area contributed by atoms with Crippen molar-refractivity contribution in [3.8, 4) is 5.75 Å². The van der Waals surface area contributed by atoms with E-state index < -0.39 is 0 Å². The number of benzene rings is 1. The van der Waals surface area contributed by atoms with E-state index in [0.717, 1.165) is 22.8 Å². The number of nitrogens with zero attached hydrogens (tertiary/aromatic N) is 1. The zero-order valence-corrected chi connectivity index (χ0v) is 7.69. The predicted molar refractivity (Wildman–Crippen MR) is 53.5 cm³/mol. The molecule has 0 saturated carbocycles. The molecule has 1 aromatic heterocycles. The van der Waals surface area contributed by atoms with Gasteiger partial charge in [-0.1, -0.05) is 6.07 Å². The van der Waals surface area contributed by atoms with Crippen LogP contribution in [0.5, 0.6) is 5.75 Å². The summed E-state index contributed by atoms with van der Waals surface area (Å²) in [4.78, 5) is 14.6. The van der Waals surface area contributed by atoms with E-state index in [1.54, 1.807) is 18.2 Å². The quantitative estimate of drug-likeness (QED) is 0.695. The number of rotatable bonds is 1. The van der Waals surface area contributed by atoms with E-state index in [-0.39, 0.29) is 5.75 Å². The third-order valence-corrected chi connectivity index (χ3v) is 2.23. The number of aldehydes is 1. The molecule has 0 aliphatic heterocycles. The molecule has 1 N–H and O–H groups in total. The van der Waals surface area contributed by atoms with Crippen LogP contribution in [0.25, 0.3) is 10.8 Å². The molecule has 0 spiro atoms. The summed E-state index contributed by atoms with van der Waals surface area (Å²) in [6, 6.07) is 5.13. The molecule has 2 rings (SSSR count). The molecular weight excluding hydrogens is 178 g/mol. The molecule has 0 unspecified atom stereocenters. The molecule has 1 aromatic carbocycles. The van der Waals surface area contributed by atoms with Gasteiger partial charge in [0.2, 0.25) is 0 Å². The first-order chi connectivity index (χ1) is 6.72. The van der Waals surface area contributed by atoms with Gasteiger partial charge in [-0.15, -0.1) is 0 Å². The van der Waals surface area contributed by atoms with Crippen molar-refractivity contribution in [3.63, 3.8) is 0 Å². The van der Waals surface area contributed by atoms with E-state index in [0.29, 0.717) is 5.56 Å². The smallest absolute Gasteiger partial charge is 0.150 e.